The van der Waals surface area contributed by atoms with E-state index in [-0.39, 0.29) is 19.3 Å². The molecule has 0 bridgehead atoms. The molecule has 0 aliphatic heterocycles. The smallest absolute Gasteiger partial charge is 0.326 e. The average molecular weight is 232 g/mol. The summed E-state index contributed by atoms with van der Waals surface area (Å²) in [6, 6.07) is -2.04. The molecule has 2 atom stereocenters. The molecule has 1 amide bonds. The third kappa shape index (κ3) is 5.30. The van der Waals surface area contributed by atoms with E-state index in [9.17, 15) is 14.4 Å². The van der Waals surface area contributed by atoms with Crippen LogP contribution in [0, 0.1) is 0 Å². The first-order chi connectivity index (χ1) is 7.38. The number of hydrogen-bond acceptors (Lipinski definition) is 4. The van der Waals surface area contributed by atoms with E-state index in [0.717, 1.165) is 0 Å². The maximum atomic E-state index is 11.2. The van der Waals surface area contributed by atoms with Crippen molar-refractivity contribution in [1.29, 1.82) is 0 Å². The van der Waals surface area contributed by atoms with Gasteiger partial charge in [-0.2, -0.15) is 0 Å². The van der Waals surface area contributed by atoms with Crippen LogP contribution in [-0.4, -0.2) is 40.1 Å². The summed E-state index contributed by atoms with van der Waals surface area (Å²) in [5.41, 5.74) is 5.19. The van der Waals surface area contributed by atoms with E-state index in [0.29, 0.717) is 0 Å². The first-order valence-electron chi connectivity index (χ1n) is 4.89. The molecular formula is C9H16N2O5. The quantitative estimate of drug-likeness (QED) is 0.452. The van der Waals surface area contributed by atoms with E-state index >= 15 is 0 Å². The molecule has 5 N–H and O–H groups in total. The maximum absolute atomic E-state index is 11.2. The van der Waals surface area contributed by atoms with Gasteiger partial charge in [0.05, 0.1) is 0 Å². The monoisotopic (exact) mass is 232 g/mol. The zero-order valence-corrected chi connectivity index (χ0v) is 8.97. The molecule has 0 aliphatic rings. The van der Waals surface area contributed by atoms with Gasteiger partial charge in [0.2, 0.25) is 5.91 Å². The van der Waals surface area contributed by atoms with Crippen LogP contribution in [0.15, 0.2) is 0 Å². The highest BCUT2D eigenvalue weighted by Crippen LogP contribution is 1.97. The van der Waals surface area contributed by atoms with Crippen LogP contribution in [0.1, 0.15) is 26.2 Å². The number of carbonyl (C=O) groups is 3. The van der Waals surface area contributed by atoms with Crippen LogP contribution in [0.25, 0.3) is 0 Å². The van der Waals surface area contributed by atoms with E-state index < -0.39 is 29.9 Å². The van der Waals surface area contributed by atoms with E-state index in [1.807, 2.05) is 0 Å². The standard InChI is InChI=1S/C9H16N2O5/c1-2-6(9(15)16)11-7(12)4-3-5(10)8(13)14/h5-6H,2-4,10H2,1H3,(H,11,12)(H,13,14)(H,15,16)/t5-,6-/m1/s1. The number of carboxylic acids is 2. The topological polar surface area (TPSA) is 130 Å². The maximum Gasteiger partial charge on any atom is 0.326 e. The Hall–Kier alpha value is -1.63. The first kappa shape index (κ1) is 14.4. The van der Waals surface area contributed by atoms with Crippen LogP contribution in [0.2, 0.25) is 0 Å². The molecule has 0 aromatic carbocycles. The molecule has 0 rings (SSSR count). The van der Waals surface area contributed by atoms with Gasteiger partial charge in [-0.15, -0.1) is 0 Å². The van der Waals surface area contributed by atoms with Gasteiger partial charge >= 0.3 is 11.9 Å². The second-order valence-electron chi connectivity index (χ2n) is 3.35. The van der Waals surface area contributed by atoms with Gasteiger partial charge in [0, 0.05) is 6.42 Å². The van der Waals surface area contributed by atoms with E-state index in [1.54, 1.807) is 6.92 Å². The number of hydrogen-bond donors (Lipinski definition) is 4. The summed E-state index contributed by atoms with van der Waals surface area (Å²) in [5, 5.41) is 19.4. The summed E-state index contributed by atoms with van der Waals surface area (Å²) >= 11 is 0. The second kappa shape index (κ2) is 6.78. The van der Waals surface area contributed by atoms with Crippen LogP contribution < -0.4 is 11.1 Å². The molecule has 0 unspecified atom stereocenters. The van der Waals surface area contributed by atoms with Crippen molar-refractivity contribution in [2.75, 3.05) is 0 Å². The van der Waals surface area contributed by atoms with Gasteiger partial charge in [-0.25, -0.2) is 4.79 Å². The number of aliphatic carboxylic acids is 2. The minimum Gasteiger partial charge on any atom is -0.480 e. The molecule has 0 saturated carbocycles. The molecule has 92 valence electrons. The molecular weight excluding hydrogens is 216 g/mol. The van der Waals surface area contributed by atoms with Crippen LogP contribution in [0.3, 0.4) is 0 Å². The highest BCUT2D eigenvalue weighted by atomic mass is 16.4. The minimum absolute atomic E-state index is 0.0166. The number of nitrogens with one attached hydrogen (secondary N) is 1. The SMILES string of the molecule is CC[C@@H](NC(=O)CC[C@@H](N)C(=O)O)C(=O)O. The predicted molar refractivity (Wildman–Crippen MR) is 54.7 cm³/mol. The summed E-state index contributed by atoms with van der Waals surface area (Å²) in [6.07, 6.45) is 0.153. The van der Waals surface area contributed by atoms with Crippen molar-refractivity contribution in [2.45, 2.75) is 38.3 Å². The van der Waals surface area contributed by atoms with Gasteiger partial charge in [-0.3, -0.25) is 9.59 Å². The molecule has 0 heterocycles. The number of carboxylic acid groups (broad SMARTS) is 2. The van der Waals surface area contributed by atoms with Crippen LogP contribution in [0.4, 0.5) is 0 Å². The lowest BCUT2D eigenvalue weighted by atomic mass is 10.1. The lowest BCUT2D eigenvalue weighted by Gasteiger charge is -2.12. The molecule has 7 nitrogen and oxygen atoms in total. The zero-order chi connectivity index (χ0) is 12.7. The number of nitrogens with two attached hydrogens (primary N) is 1. The Kier molecular flexibility index (Phi) is 6.09. The highest BCUT2D eigenvalue weighted by molar-refractivity contribution is 5.84. The van der Waals surface area contributed by atoms with Crippen molar-refractivity contribution in [2.24, 2.45) is 5.73 Å². The Morgan fingerprint density at radius 1 is 1.25 bits per heavy atom. The predicted octanol–water partition coefficient (Wildman–Crippen LogP) is -0.842. The largest absolute Gasteiger partial charge is 0.480 e. The summed E-state index contributed by atoms with van der Waals surface area (Å²) in [6.45, 7) is 1.63. The molecule has 0 saturated heterocycles. The fraction of sp³-hybridized carbons (Fsp3) is 0.667. The molecule has 0 aliphatic carbocycles. The van der Waals surface area contributed by atoms with Crippen molar-refractivity contribution >= 4 is 17.8 Å². The summed E-state index contributed by atoms with van der Waals surface area (Å²) in [7, 11) is 0. The van der Waals surface area contributed by atoms with Crippen LogP contribution in [-0.2, 0) is 14.4 Å². The molecule has 0 radical (unpaired) electrons. The summed E-state index contributed by atoms with van der Waals surface area (Å²) < 4.78 is 0. The van der Waals surface area contributed by atoms with Gasteiger partial charge in [0.15, 0.2) is 0 Å². The molecule has 7 heteroatoms. The van der Waals surface area contributed by atoms with Crippen molar-refractivity contribution in [3.63, 3.8) is 0 Å². The third-order valence-electron chi connectivity index (χ3n) is 2.04. The van der Waals surface area contributed by atoms with Gasteiger partial charge in [-0.05, 0) is 12.8 Å². The molecule has 0 aromatic heterocycles. The average Bonchev–Trinajstić information content (AvgIpc) is 2.21. The fourth-order valence-electron chi connectivity index (χ4n) is 1.01. The zero-order valence-electron chi connectivity index (χ0n) is 8.97. The van der Waals surface area contributed by atoms with Crippen molar-refractivity contribution in [3.05, 3.63) is 0 Å². The normalized spacial score (nSPS) is 13.9. The lowest BCUT2D eigenvalue weighted by molar-refractivity contribution is -0.142. The Balaban J connectivity index is 3.99. The third-order valence-corrected chi connectivity index (χ3v) is 2.04. The van der Waals surface area contributed by atoms with E-state index in [2.05, 4.69) is 5.32 Å². The summed E-state index contributed by atoms with van der Waals surface area (Å²) in [4.78, 5) is 32.1. The molecule has 16 heavy (non-hydrogen) atoms. The lowest BCUT2D eigenvalue weighted by Crippen LogP contribution is -2.41. The molecule has 0 fully saturated rings. The van der Waals surface area contributed by atoms with Gasteiger partial charge in [0.1, 0.15) is 12.1 Å². The Morgan fingerprint density at radius 2 is 1.81 bits per heavy atom. The van der Waals surface area contributed by atoms with E-state index in [1.165, 1.54) is 0 Å². The van der Waals surface area contributed by atoms with Crippen molar-refractivity contribution in [1.82, 2.24) is 5.32 Å². The Labute approximate surface area is 92.6 Å². The van der Waals surface area contributed by atoms with E-state index in [4.69, 9.17) is 15.9 Å². The Morgan fingerprint density at radius 3 is 2.19 bits per heavy atom. The molecule has 0 spiro atoms. The number of carbonyl (C=O) groups excluding carboxylic acids is 1. The summed E-state index contributed by atoms with van der Waals surface area (Å²) in [5.74, 6) is -2.80. The van der Waals surface area contributed by atoms with Gasteiger partial charge in [-0.1, -0.05) is 6.92 Å². The number of amides is 1. The van der Waals surface area contributed by atoms with Crippen molar-refractivity contribution in [3.8, 4) is 0 Å². The Bertz CT molecular complexity index is 279. The fourth-order valence-corrected chi connectivity index (χ4v) is 1.01. The van der Waals surface area contributed by atoms with Gasteiger partial charge < -0.3 is 21.3 Å². The minimum atomic E-state index is -1.18. The van der Waals surface area contributed by atoms with Crippen molar-refractivity contribution < 1.29 is 24.6 Å². The van der Waals surface area contributed by atoms with Gasteiger partial charge in [0.25, 0.3) is 0 Å². The number of rotatable bonds is 7. The molecule has 0 aromatic rings. The van der Waals surface area contributed by atoms with Crippen LogP contribution >= 0.6 is 0 Å². The highest BCUT2D eigenvalue weighted by Gasteiger charge is 2.19. The first-order valence-corrected chi connectivity index (χ1v) is 4.89. The van der Waals surface area contributed by atoms with Crippen LogP contribution in [0.5, 0.6) is 0 Å². The second-order valence-corrected chi connectivity index (χ2v) is 3.35.